The van der Waals surface area contributed by atoms with Crippen LogP contribution in [-0.4, -0.2) is 6.10 Å². The molecule has 0 amide bonds. The summed E-state index contributed by atoms with van der Waals surface area (Å²) in [5.74, 6) is 2.86. The number of ether oxygens (including phenoxy) is 1. The predicted molar refractivity (Wildman–Crippen MR) is 95.7 cm³/mol. The third-order valence-corrected chi connectivity index (χ3v) is 4.36. The van der Waals surface area contributed by atoms with E-state index >= 15 is 0 Å². The molecule has 1 nitrogen and oxygen atoms in total. The van der Waals surface area contributed by atoms with Crippen molar-refractivity contribution in [1.29, 1.82) is 0 Å². The lowest BCUT2D eigenvalue weighted by Gasteiger charge is -2.25. The Balaban J connectivity index is 1.83. The monoisotopic (exact) mass is 302 g/mol. The highest BCUT2D eigenvalue weighted by Crippen LogP contribution is 2.35. The van der Waals surface area contributed by atoms with Crippen molar-refractivity contribution in [3.05, 3.63) is 77.4 Å². The number of rotatable bonds is 5. The number of benzene rings is 2. The molecular weight excluding hydrogens is 280 g/mol. The summed E-state index contributed by atoms with van der Waals surface area (Å²) in [5.41, 5.74) is 5.12. The van der Waals surface area contributed by atoms with Gasteiger partial charge in [-0.2, -0.15) is 0 Å². The van der Waals surface area contributed by atoms with Gasteiger partial charge in [0.25, 0.3) is 0 Å². The van der Waals surface area contributed by atoms with Crippen LogP contribution in [0.5, 0.6) is 0 Å². The highest BCUT2D eigenvalue weighted by molar-refractivity contribution is 5.70. The first-order valence-corrected chi connectivity index (χ1v) is 8.27. The van der Waals surface area contributed by atoms with Crippen molar-refractivity contribution in [2.45, 2.75) is 38.4 Å². The molecule has 0 radical (unpaired) electrons. The van der Waals surface area contributed by atoms with E-state index in [1.54, 1.807) is 0 Å². The molecule has 1 aliphatic rings. The molecule has 0 aliphatic heterocycles. The van der Waals surface area contributed by atoms with Gasteiger partial charge in [0.15, 0.2) is 0 Å². The topological polar surface area (TPSA) is 9.23 Å². The van der Waals surface area contributed by atoms with Crippen LogP contribution in [-0.2, 0) is 11.3 Å². The van der Waals surface area contributed by atoms with Gasteiger partial charge in [-0.15, -0.1) is 6.42 Å². The van der Waals surface area contributed by atoms with E-state index in [-0.39, 0.29) is 6.10 Å². The lowest BCUT2D eigenvalue weighted by molar-refractivity contribution is 0.0976. The fourth-order valence-electron chi connectivity index (χ4n) is 3.19. The van der Waals surface area contributed by atoms with E-state index in [2.05, 4.69) is 48.4 Å². The maximum Gasteiger partial charge on any atom is 0.140 e. The Morgan fingerprint density at radius 1 is 0.913 bits per heavy atom. The zero-order valence-corrected chi connectivity index (χ0v) is 13.4. The molecule has 1 unspecified atom stereocenters. The van der Waals surface area contributed by atoms with Crippen LogP contribution in [0.4, 0.5) is 0 Å². The van der Waals surface area contributed by atoms with Crippen molar-refractivity contribution in [1.82, 2.24) is 0 Å². The molecule has 0 spiro atoms. The highest BCUT2D eigenvalue weighted by Gasteiger charge is 2.21. The van der Waals surface area contributed by atoms with Gasteiger partial charge in [-0.1, -0.05) is 66.6 Å². The molecule has 0 N–H and O–H groups in total. The molecular formula is C22H22O. The Hall–Kier alpha value is -2.30. The molecule has 0 saturated carbocycles. The quantitative estimate of drug-likeness (QED) is 0.687. The summed E-state index contributed by atoms with van der Waals surface area (Å²) in [7, 11) is 0. The smallest absolute Gasteiger partial charge is 0.140 e. The van der Waals surface area contributed by atoms with Crippen molar-refractivity contribution < 1.29 is 4.74 Å². The molecule has 2 aromatic carbocycles. The van der Waals surface area contributed by atoms with Crippen LogP contribution in [0, 0.1) is 12.3 Å². The number of hydrogen-bond donors (Lipinski definition) is 0. The molecule has 116 valence electrons. The zero-order valence-electron chi connectivity index (χ0n) is 13.4. The van der Waals surface area contributed by atoms with Crippen molar-refractivity contribution in [2.75, 3.05) is 0 Å². The Labute approximate surface area is 139 Å². The maximum absolute atomic E-state index is 6.07. The summed E-state index contributed by atoms with van der Waals surface area (Å²) in [6.45, 7) is 0.557. The van der Waals surface area contributed by atoms with Crippen LogP contribution in [0.25, 0.3) is 5.57 Å². The third-order valence-electron chi connectivity index (χ3n) is 4.36. The van der Waals surface area contributed by atoms with Crippen LogP contribution >= 0.6 is 0 Å². The molecule has 0 heterocycles. The van der Waals surface area contributed by atoms with Crippen LogP contribution in [0.3, 0.4) is 0 Å². The minimum absolute atomic E-state index is 0.231. The largest absolute Gasteiger partial charge is 0.356 e. The molecule has 0 saturated heterocycles. The van der Waals surface area contributed by atoms with E-state index < -0.39 is 0 Å². The normalized spacial score (nSPS) is 16.0. The van der Waals surface area contributed by atoms with Gasteiger partial charge in [-0.05, 0) is 48.0 Å². The van der Waals surface area contributed by atoms with E-state index in [9.17, 15) is 0 Å². The Kier molecular flexibility index (Phi) is 5.29. The molecule has 3 rings (SSSR count). The first-order chi connectivity index (χ1) is 11.4. The van der Waals surface area contributed by atoms with Crippen molar-refractivity contribution in [2.24, 2.45) is 0 Å². The van der Waals surface area contributed by atoms with Crippen molar-refractivity contribution >= 4 is 5.57 Å². The zero-order chi connectivity index (χ0) is 15.9. The lowest BCUT2D eigenvalue weighted by atomic mass is 9.85. The van der Waals surface area contributed by atoms with E-state index in [1.807, 2.05) is 18.2 Å². The minimum atomic E-state index is -0.231. The lowest BCUT2D eigenvalue weighted by Crippen LogP contribution is -2.17. The Morgan fingerprint density at radius 3 is 2.26 bits per heavy atom. The van der Waals surface area contributed by atoms with Gasteiger partial charge in [-0.3, -0.25) is 0 Å². The minimum Gasteiger partial charge on any atom is -0.356 e. The van der Waals surface area contributed by atoms with E-state index in [1.165, 1.54) is 29.6 Å². The van der Waals surface area contributed by atoms with Crippen LogP contribution in [0.2, 0.25) is 0 Å². The summed E-state index contributed by atoms with van der Waals surface area (Å²) >= 11 is 0. The van der Waals surface area contributed by atoms with Crippen LogP contribution in [0.1, 0.15) is 36.8 Å². The molecule has 1 aliphatic carbocycles. The van der Waals surface area contributed by atoms with Gasteiger partial charge < -0.3 is 4.74 Å². The van der Waals surface area contributed by atoms with E-state index in [0.29, 0.717) is 6.61 Å². The van der Waals surface area contributed by atoms with Crippen LogP contribution < -0.4 is 0 Å². The summed E-state index contributed by atoms with van der Waals surface area (Å²) in [6, 6.07) is 20.8. The molecule has 1 heteroatoms. The Morgan fingerprint density at radius 2 is 1.57 bits per heavy atom. The Bertz CT molecular complexity index is 692. The van der Waals surface area contributed by atoms with E-state index in [0.717, 1.165) is 18.4 Å². The summed E-state index contributed by atoms with van der Waals surface area (Å²) in [5, 5.41) is 0. The van der Waals surface area contributed by atoms with E-state index in [4.69, 9.17) is 11.2 Å². The van der Waals surface area contributed by atoms with Gasteiger partial charge in [-0.25, -0.2) is 0 Å². The molecule has 0 aromatic heterocycles. The van der Waals surface area contributed by atoms with Gasteiger partial charge in [0.05, 0.1) is 6.61 Å². The fourth-order valence-corrected chi connectivity index (χ4v) is 3.19. The number of terminal acetylenes is 1. The standard InChI is InChI=1S/C22H22O/c1-2-22(23-17-18-11-5-3-6-12-18)21-16-10-9-15-20(21)19-13-7-4-8-14-19/h1,3-8,11-14,22H,9-10,15-17H2. The molecule has 0 fully saturated rings. The summed E-state index contributed by atoms with van der Waals surface area (Å²) < 4.78 is 6.07. The molecule has 0 bridgehead atoms. The fraction of sp³-hybridized carbons (Fsp3) is 0.273. The number of allylic oxidation sites excluding steroid dienone is 1. The number of hydrogen-bond acceptors (Lipinski definition) is 1. The predicted octanol–water partition coefficient (Wildman–Crippen LogP) is 5.23. The molecule has 1 atom stereocenters. The van der Waals surface area contributed by atoms with Gasteiger partial charge in [0, 0.05) is 0 Å². The van der Waals surface area contributed by atoms with Crippen molar-refractivity contribution in [3.8, 4) is 12.3 Å². The van der Waals surface area contributed by atoms with Gasteiger partial charge in [0.2, 0.25) is 0 Å². The second-order valence-corrected chi connectivity index (χ2v) is 5.92. The van der Waals surface area contributed by atoms with Crippen LogP contribution in [0.15, 0.2) is 66.2 Å². The second kappa shape index (κ2) is 7.81. The maximum atomic E-state index is 6.07. The first kappa shape index (κ1) is 15.6. The first-order valence-electron chi connectivity index (χ1n) is 8.27. The highest BCUT2D eigenvalue weighted by atomic mass is 16.5. The average Bonchev–Trinajstić information content (AvgIpc) is 2.64. The molecule has 2 aromatic rings. The third kappa shape index (κ3) is 3.92. The second-order valence-electron chi connectivity index (χ2n) is 5.92. The van der Waals surface area contributed by atoms with Gasteiger partial charge >= 0.3 is 0 Å². The average molecular weight is 302 g/mol. The van der Waals surface area contributed by atoms with Crippen molar-refractivity contribution in [3.63, 3.8) is 0 Å². The van der Waals surface area contributed by atoms with Gasteiger partial charge in [0.1, 0.15) is 6.10 Å². The molecule has 23 heavy (non-hydrogen) atoms. The summed E-state index contributed by atoms with van der Waals surface area (Å²) in [6.07, 6.45) is 10.1. The SMILES string of the molecule is C#CC(OCc1ccccc1)C1=C(c2ccccc2)CCCC1. The summed E-state index contributed by atoms with van der Waals surface area (Å²) in [4.78, 5) is 0.